The zero-order chi connectivity index (χ0) is 20.5. The number of hydrogen-bond donors (Lipinski definition) is 1. The van der Waals surface area contributed by atoms with Gasteiger partial charge in [0, 0.05) is 15.7 Å². The quantitative estimate of drug-likeness (QED) is 0.332. The summed E-state index contributed by atoms with van der Waals surface area (Å²) in [6, 6.07) is 22.9. The molecule has 0 spiro atoms. The predicted molar refractivity (Wildman–Crippen MR) is 117 cm³/mol. The van der Waals surface area contributed by atoms with E-state index >= 15 is 0 Å². The molecule has 0 radical (unpaired) electrons. The predicted octanol–water partition coefficient (Wildman–Crippen LogP) is 5.38. The summed E-state index contributed by atoms with van der Waals surface area (Å²) >= 11 is 3.42. The first-order chi connectivity index (χ1) is 14.0. The van der Waals surface area contributed by atoms with Crippen molar-refractivity contribution in [1.82, 2.24) is 0 Å². The Labute approximate surface area is 177 Å². The highest BCUT2D eigenvalue weighted by molar-refractivity contribution is 9.10. The van der Waals surface area contributed by atoms with Gasteiger partial charge in [-0.1, -0.05) is 76.1 Å². The van der Waals surface area contributed by atoms with Crippen molar-refractivity contribution in [1.29, 1.82) is 0 Å². The van der Waals surface area contributed by atoms with Gasteiger partial charge in [0.25, 0.3) is 11.7 Å². The van der Waals surface area contributed by atoms with Crippen molar-refractivity contribution < 1.29 is 14.7 Å². The number of aryl methyl sites for hydroxylation is 1. The second kappa shape index (κ2) is 7.68. The Kier molecular flexibility index (Phi) is 5.07. The molecule has 0 saturated carbocycles. The van der Waals surface area contributed by atoms with Crippen molar-refractivity contribution in [3.8, 4) is 0 Å². The van der Waals surface area contributed by atoms with Crippen molar-refractivity contribution in [2.24, 2.45) is 0 Å². The van der Waals surface area contributed by atoms with E-state index in [4.69, 9.17) is 0 Å². The molecule has 0 unspecified atom stereocenters. The van der Waals surface area contributed by atoms with Crippen LogP contribution in [0.2, 0.25) is 0 Å². The molecule has 1 amide bonds. The molecule has 1 heterocycles. The summed E-state index contributed by atoms with van der Waals surface area (Å²) in [4.78, 5) is 27.4. The summed E-state index contributed by atoms with van der Waals surface area (Å²) in [6.07, 6.45) is 0. The van der Waals surface area contributed by atoms with Gasteiger partial charge in [0.05, 0.1) is 11.6 Å². The number of amides is 1. The Balaban J connectivity index is 1.94. The molecule has 29 heavy (non-hydrogen) atoms. The van der Waals surface area contributed by atoms with Gasteiger partial charge in [-0.25, -0.2) is 0 Å². The molecule has 1 fully saturated rings. The summed E-state index contributed by atoms with van der Waals surface area (Å²) in [5.74, 6) is -1.52. The van der Waals surface area contributed by atoms with E-state index in [0.29, 0.717) is 11.3 Å². The zero-order valence-electron chi connectivity index (χ0n) is 15.7. The van der Waals surface area contributed by atoms with Gasteiger partial charge in [0.15, 0.2) is 0 Å². The van der Waals surface area contributed by atoms with Crippen LogP contribution in [-0.4, -0.2) is 16.8 Å². The lowest BCUT2D eigenvalue weighted by atomic mass is 9.95. The average Bonchev–Trinajstić information content (AvgIpc) is 3.00. The van der Waals surface area contributed by atoms with E-state index < -0.39 is 17.7 Å². The minimum Gasteiger partial charge on any atom is -0.507 e. The normalized spacial score (nSPS) is 18.3. The van der Waals surface area contributed by atoms with E-state index in [9.17, 15) is 14.7 Å². The summed E-state index contributed by atoms with van der Waals surface area (Å²) in [5.41, 5.74) is 2.97. The van der Waals surface area contributed by atoms with Crippen LogP contribution in [0.15, 0.2) is 88.9 Å². The highest BCUT2D eigenvalue weighted by atomic mass is 79.9. The van der Waals surface area contributed by atoms with E-state index in [2.05, 4.69) is 15.9 Å². The largest absolute Gasteiger partial charge is 0.507 e. The first kappa shape index (κ1) is 19.2. The summed E-state index contributed by atoms with van der Waals surface area (Å²) in [5, 5.41) is 11.0. The number of Topliss-reactive ketones (excluding diaryl/α,β-unsaturated/α-hetero) is 1. The standard InChI is InChI=1S/C24H18BrNO3/c1-15-7-9-17(10-8-15)22(27)20-21(16-11-13-18(25)14-12-16)26(24(29)23(20)28)19-5-3-2-4-6-19/h2-14,21,27H,1H3/t21-/m1/s1. The fourth-order valence-electron chi connectivity index (χ4n) is 3.51. The molecule has 3 aromatic carbocycles. The maximum atomic E-state index is 13.0. The maximum absolute atomic E-state index is 13.0. The van der Waals surface area contributed by atoms with Crippen LogP contribution in [0.25, 0.3) is 5.76 Å². The molecule has 5 heteroatoms. The summed E-state index contributed by atoms with van der Waals surface area (Å²) in [6.45, 7) is 1.94. The Bertz CT molecular complexity index is 1100. The van der Waals surface area contributed by atoms with Crippen LogP contribution in [0.4, 0.5) is 5.69 Å². The summed E-state index contributed by atoms with van der Waals surface area (Å²) in [7, 11) is 0. The molecular weight excluding hydrogens is 430 g/mol. The second-order valence-electron chi connectivity index (χ2n) is 6.92. The molecular formula is C24H18BrNO3. The average molecular weight is 448 g/mol. The number of nitrogens with zero attached hydrogens (tertiary/aromatic N) is 1. The third kappa shape index (κ3) is 3.49. The molecule has 1 N–H and O–H groups in total. The number of halogens is 1. The van der Waals surface area contributed by atoms with Crippen LogP contribution >= 0.6 is 15.9 Å². The number of carbonyl (C=O) groups excluding carboxylic acids is 2. The number of aliphatic hydroxyl groups excluding tert-OH is 1. The number of ketones is 1. The molecule has 4 rings (SSSR count). The highest BCUT2D eigenvalue weighted by Gasteiger charge is 2.46. The molecule has 144 valence electrons. The van der Waals surface area contributed by atoms with Crippen molar-refractivity contribution in [2.45, 2.75) is 13.0 Å². The van der Waals surface area contributed by atoms with Crippen LogP contribution in [-0.2, 0) is 9.59 Å². The minimum atomic E-state index is -0.716. The SMILES string of the molecule is Cc1ccc(C(O)=C2C(=O)C(=O)N(c3ccccc3)[C@@H]2c2ccc(Br)cc2)cc1. The zero-order valence-corrected chi connectivity index (χ0v) is 17.3. The molecule has 3 aromatic rings. The second-order valence-corrected chi connectivity index (χ2v) is 7.84. The lowest BCUT2D eigenvalue weighted by molar-refractivity contribution is -0.132. The number of hydrogen-bond acceptors (Lipinski definition) is 3. The minimum absolute atomic E-state index is 0.0880. The fourth-order valence-corrected chi connectivity index (χ4v) is 3.78. The van der Waals surface area contributed by atoms with E-state index in [0.717, 1.165) is 15.6 Å². The van der Waals surface area contributed by atoms with Crippen LogP contribution in [0, 0.1) is 6.92 Å². The molecule has 1 aliphatic heterocycles. The molecule has 0 aliphatic carbocycles. The smallest absolute Gasteiger partial charge is 0.300 e. The van der Waals surface area contributed by atoms with E-state index in [1.165, 1.54) is 4.90 Å². The van der Waals surface area contributed by atoms with Crippen LogP contribution in [0.3, 0.4) is 0 Å². The van der Waals surface area contributed by atoms with Crippen molar-refractivity contribution in [3.05, 3.63) is 106 Å². The van der Waals surface area contributed by atoms with Crippen molar-refractivity contribution in [3.63, 3.8) is 0 Å². The van der Waals surface area contributed by atoms with E-state index in [1.807, 2.05) is 61.5 Å². The van der Waals surface area contributed by atoms with Crippen LogP contribution < -0.4 is 4.90 Å². The third-order valence-electron chi connectivity index (χ3n) is 4.99. The van der Waals surface area contributed by atoms with Crippen LogP contribution in [0.5, 0.6) is 0 Å². The number of rotatable bonds is 3. The number of para-hydroxylation sites is 1. The van der Waals surface area contributed by atoms with E-state index in [-0.39, 0.29) is 11.3 Å². The Morgan fingerprint density at radius 1 is 0.897 bits per heavy atom. The monoisotopic (exact) mass is 447 g/mol. The first-order valence-corrected chi connectivity index (χ1v) is 9.95. The van der Waals surface area contributed by atoms with Gasteiger partial charge < -0.3 is 5.11 Å². The number of anilines is 1. The molecule has 1 atom stereocenters. The van der Waals surface area contributed by atoms with Crippen molar-refractivity contribution in [2.75, 3.05) is 4.90 Å². The molecule has 0 bridgehead atoms. The Morgan fingerprint density at radius 2 is 1.52 bits per heavy atom. The van der Waals surface area contributed by atoms with Gasteiger partial charge in [-0.2, -0.15) is 0 Å². The highest BCUT2D eigenvalue weighted by Crippen LogP contribution is 2.42. The van der Waals surface area contributed by atoms with Gasteiger partial charge in [0.2, 0.25) is 0 Å². The van der Waals surface area contributed by atoms with Gasteiger partial charge in [0.1, 0.15) is 5.76 Å². The Hall–Kier alpha value is -3.18. The van der Waals surface area contributed by atoms with Gasteiger partial charge in [-0.15, -0.1) is 0 Å². The van der Waals surface area contributed by atoms with Gasteiger partial charge in [-0.3, -0.25) is 14.5 Å². The molecule has 1 aliphatic rings. The lowest BCUT2D eigenvalue weighted by Crippen LogP contribution is -2.29. The van der Waals surface area contributed by atoms with Crippen LogP contribution in [0.1, 0.15) is 22.7 Å². The fraction of sp³-hybridized carbons (Fsp3) is 0.0833. The summed E-state index contributed by atoms with van der Waals surface area (Å²) < 4.78 is 0.886. The first-order valence-electron chi connectivity index (χ1n) is 9.16. The van der Waals surface area contributed by atoms with Gasteiger partial charge >= 0.3 is 0 Å². The lowest BCUT2D eigenvalue weighted by Gasteiger charge is -2.25. The number of aliphatic hydroxyl groups is 1. The van der Waals surface area contributed by atoms with Crippen molar-refractivity contribution >= 4 is 39.1 Å². The number of benzene rings is 3. The molecule has 4 nitrogen and oxygen atoms in total. The maximum Gasteiger partial charge on any atom is 0.300 e. The molecule has 1 saturated heterocycles. The third-order valence-corrected chi connectivity index (χ3v) is 5.52. The Morgan fingerprint density at radius 3 is 2.14 bits per heavy atom. The van der Waals surface area contributed by atoms with E-state index in [1.54, 1.807) is 24.3 Å². The molecule has 0 aromatic heterocycles. The topological polar surface area (TPSA) is 57.6 Å². The van der Waals surface area contributed by atoms with Gasteiger partial charge in [-0.05, 0) is 36.8 Å². The number of carbonyl (C=O) groups is 2.